The fraction of sp³-hybridized carbons (Fsp3) is 0.312. The third-order valence-electron chi connectivity index (χ3n) is 3.64. The molecule has 4 heteroatoms. The van der Waals surface area contributed by atoms with Crippen molar-refractivity contribution < 1.29 is 4.79 Å². The molecule has 20 heavy (non-hydrogen) atoms. The second-order valence-corrected chi connectivity index (χ2v) is 5.10. The molecular formula is C16H17N3O. The second kappa shape index (κ2) is 5.82. The Balaban J connectivity index is 1.78. The minimum atomic E-state index is -0.0171. The monoisotopic (exact) mass is 267 g/mol. The number of pyridine rings is 2. The molecule has 2 aromatic heterocycles. The van der Waals surface area contributed by atoms with Crippen molar-refractivity contribution in [2.24, 2.45) is 0 Å². The third-order valence-corrected chi connectivity index (χ3v) is 3.64. The Morgan fingerprint density at radius 3 is 2.60 bits per heavy atom. The predicted octanol–water partition coefficient (Wildman–Crippen LogP) is 2.82. The molecule has 0 aromatic carbocycles. The van der Waals surface area contributed by atoms with Crippen LogP contribution in [-0.2, 0) is 0 Å². The molecule has 0 atom stereocenters. The normalized spacial score (nSPS) is 15.2. The predicted molar refractivity (Wildman–Crippen MR) is 77.2 cm³/mol. The van der Waals surface area contributed by atoms with E-state index in [0.717, 1.165) is 24.2 Å². The molecule has 1 amide bonds. The van der Waals surface area contributed by atoms with Crippen LogP contribution >= 0.6 is 0 Å². The van der Waals surface area contributed by atoms with E-state index >= 15 is 0 Å². The second-order valence-electron chi connectivity index (χ2n) is 5.10. The zero-order chi connectivity index (χ0) is 13.8. The van der Waals surface area contributed by atoms with Gasteiger partial charge in [0.15, 0.2) is 0 Å². The lowest BCUT2D eigenvalue weighted by Crippen LogP contribution is -2.32. The molecule has 0 spiro atoms. The first-order valence-corrected chi connectivity index (χ1v) is 7.01. The summed E-state index contributed by atoms with van der Waals surface area (Å²) in [4.78, 5) is 20.8. The van der Waals surface area contributed by atoms with Gasteiger partial charge in [-0.05, 0) is 37.1 Å². The standard InChI is InChI=1S/C16H17N3O/c20-16(19-13-5-1-2-6-13)12-8-10-18-15(11-12)14-7-3-4-9-17-14/h3-4,7-11,13H,1-2,5-6H2,(H,19,20). The van der Waals surface area contributed by atoms with Gasteiger partial charge < -0.3 is 5.32 Å². The molecule has 0 saturated heterocycles. The third kappa shape index (κ3) is 2.85. The summed E-state index contributed by atoms with van der Waals surface area (Å²) in [5.41, 5.74) is 2.15. The summed E-state index contributed by atoms with van der Waals surface area (Å²) in [6, 6.07) is 9.54. The van der Waals surface area contributed by atoms with Crippen LogP contribution in [0.15, 0.2) is 42.7 Å². The van der Waals surface area contributed by atoms with Crippen LogP contribution in [0.2, 0.25) is 0 Å². The lowest BCUT2D eigenvalue weighted by Gasteiger charge is -2.12. The van der Waals surface area contributed by atoms with Crippen molar-refractivity contribution in [1.29, 1.82) is 0 Å². The van der Waals surface area contributed by atoms with Crippen LogP contribution in [0.4, 0.5) is 0 Å². The molecule has 2 heterocycles. The van der Waals surface area contributed by atoms with Gasteiger partial charge in [0, 0.05) is 24.0 Å². The summed E-state index contributed by atoms with van der Waals surface area (Å²) in [6.45, 7) is 0. The fourth-order valence-electron chi connectivity index (χ4n) is 2.57. The lowest BCUT2D eigenvalue weighted by molar-refractivity contribution is 0.0938. The van der Waals surface area contributed by atoms with Gasteiger partial charge in [-0.15, -0.1) is 0 Å². The van der Waals surface area contributed by atoms with Gasteiger partial charge in [-0.3, -0.25) is 14.8 Å². The molecule has 0 bridgehead atoms. The van der Waals surface area contributed by atoms with E-state index in [-0.39, 0.29) is 5.91 Å². The molecule has 2 aromatic rings. The Morgan fingerprint density at radius 2 is 1.85 bits per heavy atom. The maximum Gasteiger partial charge on any atom is 0.251 e. The minimum Gasteiger partial charge on any atom is -0.349 e. The van der Waals surface area contributed by atoms with Crippen molar-refractivity contribution in [2.75, 3.05) is 0 Å². The van der Waals surface area contributed by atoms with E-state index in [1.807, 2.05) is 18.2 Å². The van der Waals surface area contributed by atoms with Crippen LogP contribution in [0.25, 0.3) is 11.4 Å². The van der Waals surface area contributed by atoms with Crippen molar-refractivity contribution >= 4 is 5.91 Å². The Labute approximate surface area is 118 Å². The summed E-state index contributed by atoms with van der Waals surface area (Å²) in [6.07, 6.45) is 7.98. The van der Waals surface area contributed by atoms with E-state index in [4.69, 9.17) is 0 Å². The lowest BCUT2D eigenvalue weighted by atomic mass is 10.1. The van der Waals surface area contributed by atoms with Crippen LogP contribution < -0.4 is 5.32 Å². The SMILES string of the molecule is O=C(NC1CCCC1)c1ccnc(-c2ccccn2)c1. The number of aromatic nitrogens is 2. The van der Waals surface area contributed by atoms with Gasteiger partial charge in [-0.25, -0.2) is 0 Å². The first-order valence-electron chi connectivity index (χ1n) is 7.01. The average molecular weight is 267 g/mol. The summed E-state index contributed by atoms with van der Waals surface area (Å²) in [5.74, 6) is -0.0171. The molecule has 0 radical (unpaired) electrons. The van der Waals surface area contributed by atoms with Gasteiger partial charge in [0.1, 0.15) is 0 Å². The van der Waals surface area contributed by atoms with Gasteiger partial charge in [0.25, 0.3) is 5.91 Å². The number of carbonyl (C=O) groups excluding carboxylic acids is 1. The maximum absolute atomic E-state index is 12.2. The number of carbonyl (C=O) groups is 1. The van der Waals surface area contributed by atoms with E-state index in [1.165, 1.54) is 12.8 Å². The van der Waals surface area contributed by atoms with Gasteiger partial charge >= 0.3 is 0 Å². The fourth-order valence-corrected chi connectivity index (χ4v) is 2.57. The van der Waals surface area contributed by atoms with Gasteiger partial charge in [-0.2, -0.15) is 0 Å². The van der Waals surface area contributed by atoms with Crippen LogP contribution in [0.1, 0.15) is 36.0 Å². The molecule has 1 fully saturated rings. The van der Waals surface area contributed by atoms with Crippen LogP contribution in [0, 0.1) is 0 Å². The van der Waals surface area contributed by atoms with Gasteiger partial charge in [0.05, 0.1) is 11.4 Å². The Bertz CT molecular complexity index is 592. The largest absolute Gasteiger partial charge is 0.349 e. The van der Waals surface area contributed by atoms with Crippen LogP contribution in [0.5, 0.6) is 0 Å². The number of hydrogen-bond donors (Lipinski definition) is 1. The number of nitrogens with zero attached hydrogens (tertiary/aromatic N) is 2. The van der Waals surface area contributed by atoms with Crippen molar-refractivity contribution in [3.8, 4) is 11.4 Å². The van der Waals surface area contributed by atoms with Gasteiger partial charge in [0.2, 0.25) is 0 Å². The van der Waals surface area contributed by atoms with E-state index in [0.29, 0.717) is 11.6 Å². The highest BCUT2D eigenvalue weighted by Crippen LogP contribution is 2.19. The number of amides is 1. The molecule has 0 aliphatic heterocycles. The van der Waals surface area contributed by atoms with Crippen molar-refractivity contribution in [1.82, 2.24) is 15.3 Å². The van der Waals surface area contributed by atoms with Gasteiger partial charge in [-0.1, -0.05) is 18.9 Å². The van der Waals surface area contributed by atoms with E-state index in [2.05, 4.69) is 15.3 Å². The molecule has 0 unspecified atom stereocenters. The van der Waals surface area contributed by atoms with Crippen LogP contribution in [-0.4, -0.2) is 21.9 Å². The van der Waals surface area contributed by atoms with E-state index in [1.54, 1.807) is 24.5 Å². The quantitative estimate of drug-likeness (QED) is 0.930. The Hall–Kier alpha value is -2.23. The number of hydrogen-bond acceptors (Lipinski definition) is 3. The summed E-state index contributed by atoms with van der Waals surface area (Å²) in [5, 5.41) is 3.09. The van der Waals surface area contributed by atoms with Crippen molar-refractivity contribution in [3.63, 3.8) is 0 Å². The highest BCUT2D eigenvalue weighted by molar-refractivity contribution is 5.95. The molecular weight excluding hydrogens is 250 g/mol. The topological polar surface area (TPSA) is 54.9 Å². The minimum absolute atomic E-state index is 0.0171. The Morgan fingerprint density at radius 1 is 1.05 bits per heavy atom. The molecule has 1 aliphatic rings. The Kier molecular flexibility index (Phi) is 3.72. The van der Waals surface area contributed by atoms with E-state index in [9.17, 15) is 4.79 Å². The summed E-state index contributed by atoms with van der Waals surface area (Å²) >= 11 is 0. The zero-order valence-corrected chi connectivity index (χ0v) is 11.2. The molecule has 4 nitrogen and oxygen atoms in total. The highest BCUT2D eigenvalue weighted by Gasteiger charge is 2.18. The maximum atomic E-state index is 12.2. The molecule has 1 aliphatic carbocycles. The smallest absolute Gasteiger partial charge is 0.251 e. The summed E-state index contributed by atoms with van der Waals surface area (Å²) < 4.78 is 0. The molecule has 1 saturated carbocycles. The molecule has 1 N–H and O–H groups in total. The van der Waals surface area contributed by atoms with Crippen molar-refractivity contribution in [2.45, 2.75) is 31.7 Å². The first kappa shape index (κ1) is 12.8. The van der Waals surface area contributed by atoms with Crippen LogP contribution in [0.3, 0.4) is 0 Å². The summed E-state index contributed by atoms with van der Waals surface area (Å²) in [7, 11) is 0. The molecule has 3 rings (SSSR count). The highest BCUT2D eigenvalue weighted by atomic mass is 16.1. The van der Waals surface area contributed by atoms with E-state index < -0.39 is 0 Å². The number of nitrogens with one attached hydrogen (secondary N) is 1. The zero-order valence-electron chi connectivity index (χ0n) is 11.2. The first-order chi connectivity index (χ1) is 9.83. The number of rotatable bonds is 3. The average Bonchev–Trinajstić information content (AvgIpc) is 3.01. The molecule has 102 valence electrons. The van der Waals surface area contributed by atoms with Crippen molar-refractivity contribution in [3.05, 3.63) is 48.3 Å².